The zero-order valence-corrected chi connectivity index (χ0v) is 12.8. The van der Waals surface area contributed by atoms with E-state index in [0.29, 0.717) is 6.04 Å². The van der Waals surface area contributed by atoms with Crippen LogP contribution in [0.15, 0.2) is 24.3 Å². The predicted octanol–water partition coefficient (Wildman–Crippen LogP) is 3.45. The van der Waals surface area contributed by atoms with Gasteiger partial charge in [0.05, 0.1) is 0 Å². The molecule has 0 aromatic heterocycles. The van der Waals surface area contributed by atoms with Gasteiger partial charge in [0.25, 0.3) is 0 Å². The van der Waals surface area contributed by atoms with E-state index >= 15 is 0 Å². The minimum Gasteiger partial charge on any atom is -0.368 e. The minimum absolute atomic E-state index is 0.236. The molecule has 1 aromatic rings. The Hall–Kier alpha value is -1.02. The summed E-state index contributed by atoms with van der Waals surface area (Å²) in [7, 11) is 0. The van der Waals surface area contributed by atoms with Gasteiger partial charge in [-0.15, -0.1) is 0 Å². The van der Waals surface area contributed by atoms with Crippen LogP contribution in [0.1, 0.15) is 39.7 Å². The van der Waals surface area contributed by atoms with Crippen LogP contribution < -0.4 is 10.6 Å². The molecular weight excluding hydrogens is 232 g/mol. The first-order valence-corrected chi connectivity index (χ1v) is 7.58. The molecule has 106 valence electrons. The van der Waals surface area contributed by atoms with Gasteiger partial charge < -0.3 is 10.6 Å². The third-order valence-electron chi connectivity index (χ3n) is 4.42. The largest absolute Gasteiger partial charge is 0.368 e. The van der Waals surface area contributed by atoms with Crippen LogP contribution in [0.4, 0.5) is 5.69 Å². The summed E-state index contributed by atoms with van der Waals surface area (Å²) in [6, 6.07) is 9.86. The molecule has 19 heavy (non-hydrogen) atoms. The van der Waals surface area contributed by atoms with E-state index in [1.807, 2.05) is 0 Å². The maximum absolute atomic E-state index is 5.85. The van der Waals surface area contributed by atoms with Crippen LogP contribution in [0.3, 0.4) is 0 Å². The van der Waals surface area contributed by atoms with Crippen molar-refractivity contribution in [2.75, 3.05) is 11.4 Å². The van der Waals surface area contributed by atoms with E-state index in [2.05, 4.69) is 56.9 Å². The smallest absolute Gasteiger partial charge is 0.0368 e. The number of anilines is 1. The van der Waals surface area contributed by atoms with Crippen LogP contribution >= 0.6 is 0 Å². The Morgan fingerprint density at radius 2 is 1.84 bits per heavy atom. The van der Waals surface area contributed by atoms with Crippen LogP contribution in [-0.4, -0.2) is 18.6 Å². The van der Waals surface area contributed by atoms with Crippen LogP contribution in [0.2, 0.25) is 0 Å². The number of hydrogen-bond donors (Lipinski definition) is 1. The molecule has 1 heterocycles. The SMILES string of the molecule is CC(N)Cc1ccc(N2CC(C)CC(C)C2C)cc1. The lowest BCUT2D eigenvalue weighted by Gasteiger charge is -2.42. The van der Waals surface area contributed by atoms with Crippen molar-refractivity contribution in [3.63, 3.8) is 0 Å². The lowest BCUT2D eigenvalue weighted by molar-refractivity contribution is 0.297. The summed E-state index contributed by atoms with van der Waals surface area (Å²) in [5, 5.41) is 0. The Balaban J connectivity index is 2.12. The van der Waals surface area contributed by atoms with Crippen LogP contribution in [-0.2, 0) is 6.42 Å². The Labute approximate surface area is 118 Å². The minimum atomic E-state index is 0.236. The van der Waals surface area contributed by atoms with Crippen molar-refractivity contribution in [2.45, 2.75) is 52.6 Å². The molecule has 1 fully saturated rings. The molecule has 1 saturated heterocycles. The highest BCUT2D eigenvalue weighted by molar-refractivity contribution is 5.49. The molecule has 0 bridgehead atoms. The van der Waals surface area contributed by atoms with Gasteiger partial charge in [0.15, 0.2) is 0 Å². The molecule has 0 amide bonds. The molecule has 1 aliphatic heterocycles. The molecule has 0 saturated carbocycles. The van der Waals surface area contributed by atoms with Crippen molar-refractivity contribution in [1.29, 1.82) is 0 Å². The zero-order chi connectivity index (χ0) is 14.0. The van der Waals surface area contributed by atoms with Gasteiger partial charge in [-0.25, -0.2) is 0 Å². The molecule has 1 aromatic carbocycles. The molecule has 1 aliphatic rings. The number of hydrogen-bond acceptors (Lipinski definition) is 2. The maximum atomic E-state index is 5.85. The Morgan fingerprint density at radius 3 is 2.42 bits per heavy atom. The third-order valence-corrected chi connectivity index (χ3v) is 4.42. The van der Waals surface area contributed by atoms with E-state index in [4.69, 9.17) is 5.73 Å². The van der Waals surface area contributed by atoms with Crippen molar-refractivity contribution in [3.05, 3.63) is 29.8 Å². The normalized spacial score (nSPS) is 29.3. The van der Waals surface area contributed by atoms with E-state index in [0.717, 1.165) is 18.3 Å². The predicted molar refractivity (Wildman–Crippen MR) is 83.5 cm³/mol. The first-order valence-electron chi connectivity index (χ1n) is 7.58. The number of nitrogens with zero attached hydrogens (tertiary/aromatic N) is 1. The summed E-state index contributed by atoms with van der Waals surface area (Å²) in [5.41, 5.74) is 8.55. The van der Waals surface area contributed by atoms with Crippen molar-refractivity contribution in [3.8, 4) is 0 Å². The Morgan fingerprint density at radius 1 is 1.21 bits per heavy atom. The highest BCUT2D eigenvalue weighted by Gasteiger charge is 2.28. The lowest BCUT2D eigenvalue weighted by atomic mass is 9.85. The molecule has 2 heteroatoms. The van der Waals surface area contributed by atoms with Crippen molar-refractivity contribution in [1.82, 2.24) is 0 Å². The van der Waals surface area contributed by atoms with Crippen LogP contribution in [0, 0.1) is 11.8 Å². The van der Waals surface area contributed by atoms with Gasteiger partial charge in [0.2, 0.25) is 0 Å². The summed E-state index contributed by atoms with van der Waals surface area (Å²) in [4.78, 5) is 2.56. The van der Waals surface area contributed by atoms with Crippen LogP contribution in [0.25, 0.3) is 0 Å². The second-order valence-electron chi connectivity index (χ2n) is 6.56. The average molecular weight is 260 g/mol. The number of nitrogens with two attached hydrogens (primary N) is 1. The first kappa shape index (κ1) is 14.4. The van der Waals surface area contributed by atoms with Crippen molar-refractivity contribution >= 4 is 5.69 Å². The van der Waals surface area contributed by atoms with Gasteiger partial charge >= 0.3 is 0 Å². The fourth-order valence-corrected chi connectivity index (χ4v) is 3.25. The quantitative estimate of drug-likeness (QED) is 0.902. The molecule has 4 atom stereocenters. The van der Waals surface area contributed by atoms with Gasteiger partial charge in [-0.3, -0.25) is 0 Å². The fourth-order valence-electron chi connectivity index (χ4n) is 3.25. The summed E-state index contributed by atoms with van der Waals surface area (Å²) in [6.45, 7) is 10.3. The maximum Gasteiger partial charge on any atom is 0.0368 e. The average Bonchev–Trinajstić information content (AvgIpc) is 2.34. The van der Waals surface area contributed by atoms with Gasteiger partial charge in [-0.2, -0.15) is 0 Å². The number of rotatable bonds is 3. The van der Waals surface area contributed by atoms with Crippen molar-refractivity contribution in [2.24, 2.45) is 17.6 Å². The summed E-state index contributed by atoms with van der Waals surface area (Å²) >= 11 is 0. The van der Waals surface area contributed by atoms with Gasteiger partial charge in [0, 0.05) is 24.3 Å². The van der Waals surface area contributed by atoms with E-state index in [1.165, 1.54) is 24.2 Å². The summed E-state index contributed by atoms with van der Waals surface area (Å²) in [6.07, 6.45) is 2.31. The van der Waals surface area contributed by atoms with E-state index < -0.39 is 0 Å². The molecule has 2 rings (SSSR count). The first-order chi connectivity index (χ1) is 8.97. The molecule has 2 N–H and O–H groups in total. The molecule has 0 spiro atoms. The molecule has 0 radical (unpaired) electrons. The summed E-state index contributed by atoms with van der Waals surface area (Å²) < 4.78 is 0. The lowest BCUT2D eigenvalue weighted by Crippen LogP contribution is -2.45. The third kappa shape index (κ3) is 3.50. The van der Waals surface area contributed by atoms with Gasteiger partial charge in [0.1, 0.15) is 0 Å². The molecule has 2 nitrogen and oxygen atoms in total. The van der Waals surface area contributed by atoms with E-state index in [1.54, 1.807) is 0 Å². The van der Waals surface area contributed by atoms with E-state index in [9.17, 15) is 0 Å². The topological polar surface area (TPSA) is 29.3 Å². The molecular formula is C17H28N2. The van der Waals surface area contributed by atoms with Gasteiger partial charge in [-0.05, 0) is 56.2 Å². The number of benzene rings is 1. The summed E-state index contributed by atoms with van der Waals surface area (Å²) in [5.74, 6) is 1.56. The van der Waals surface area contributed by atoms with Crippen LogP contribution in [0.5, 0.6) is 0 Å². The monoisotopic (exact) mass is 260 g/mol. The molecule has 0 aliphatic carbocycles. The van der Waals surface area contributed by atoms with E-state index in [-0.39, 0.29) is 6.04 Å². The zero-order valence-electron chi connectivity index (χ0n) is 12.8. The number of piperidine rings is 1. The highest BCUT2D eigenvalue weighted by atomic mass is 15.2. The fraction of sp³-hybridized carbons (Fsp3) is 0.647. The van der Waals surface area contributed by atoms with Crippen molar-refractivity contribution < 1.29 is 0 Å². The second kappa shape index (κ2) is 5.96. The molecule has 4 unspecified atom stereocenters. The van der Waals surface area contributed by atoms with Gasteiger partial charge in [-0.1, -0.05) is 26.0 Å². The second-order valence-corrected chi connectivity index (χ2v) is 6.56. The highest BCUT2D eigenvalue weighted by Crippen LogP contribution is 2.31. The Kier molecular flexibility index (Phi) is 4.51. The Bertz CT molecular complexity index is 396. The standard InChI is InChI=1S/C17H28N2/c1-12-9-13(2)15(4)19(11-12)17-7-5-16(6-8-17)10-14(3)18/h5-8,12-15H,9-11,18H2,1-4H3.